The molecular weight excluding hydrogens is 348 g/mol. The van der Waals surface area contributed by atoms with Crippen molar-refractivity contribution < 1.29 is 14.5 Å². The zero-order chi connectivity index (χ0) is 19.6. The first-order valence-corrected chi connectivity index (χ1v) is 7.97. The Bertz CT molecular complexity index is 876. The average Bonchev–Trinajstić information content (AvgIpc) is 2.66. The number of nitrogens with zero attached hydrogens (tertiary/aromatic N) is 1. The molecule has 27 heavy (non-hydrogen) atoms. The fourth-order valence-corrected chi connectivity index (χ4v) is 2.07. The van der Waals surface area contributed by atoms with E-state index in [1.165, 1.54) is 24.3 Å². The molecule has 0 aliphatic carbocycles. The topological polar surface area (TPSA) is 113 Å². The highest BCUT2D eigenvalue weighted by Gasteiger charge is 2.05. The summed E-state index contributed by atoms with van der Waals surface area (Å²) >= 11 is 0. The van der Waals surface area contributed by atoms with Gasteiger partial charge in [0.15, 0.2) is 0 Å². The minimum atomic E-state index is -0.495. The van der Waals surface area contributed by atoms with Crippen LogP contribution in [0.25, 0.3) is 6.08 Å². The van der Waals surface area contributed by atoms with Crippen molar-refractivity contribution in [2.24, 2.45) is 0 Å². The highest BCUT2D eigenvalue weighted by atomic mass is 16.6. The van der Waals surface area contributed by atoms with Gasteiger partial charge in [-0.3, -0.25) is 14.9 Å². The molecule has 3 N–H and O–H groups in total. The Morgan fingerprint density at radius 1 is 1.07 bits per heavy atom. The van der Waals surface area contributed by atoms with Gasteiger partial charge in [-0.15, -0.1) is 6.58 Å². The molecule has 3 amide bonds. The van der Waals surface area contributed by atoms with Crippen LogP contribution in [-0.4, -0.2) is 23.4 Å². The van der Waals surface area contributed by atoms with Crippen molar-refractivity contribution in [1.29, 1.82) is 0 Å². The zero-order valence-corrected chi connectivity index (χ0v) is 14.3. The van der Waals surface area contributed by atoms with Crippen molar-refractivity contribution in [3.8, 4) is 0 Å². The standard InChI is InChI=1S/C19H18N4O4/c1-2-12-20-19(25)22-16-9-7-15(8-10-16)21-18(24)11-6-14-4-3-5-17(13-14)23(26)27/h2-11,13H,1,12H2,(H,21,24)(H2,20,22,25)/b11-6+. The molecule has 0 radical (unpaired) electrons. The highest BCUT2D eigenvalue weighted by Crippen LogP contribution is 2.15. The normalized spacial score (nSPS) is 10.2. The third kappa shape index (κ3) is 6.46. The van der Waals surface area contributed by atoms with Crippen LogP contribution in [0.5, 0.6) is 0 Å². The lowest BCUT2D eigenvalue weighted by Gasteiger charge is -2.07. The molecule has 8 heteroatoms. The van der Waals surface area contributed by atoms with Crippen LogP contribution < -0.4 is 16.0 Å². The number of amides is 3. The predicted molar refractivity (Wildman–Crippen MR) is 104 cm³/mol. The quantitative estimate of drug-likeness (QED) is 0.301. The van der Waals surface area contributed by atoms with Crippen LogP contribution in [-0.2, 0) is 4.79 Å². The maximum atomic E-state index is 12.0. The number of urea groups is 1. The largest absolute Gasteiger partial charge is 0.334 e. The third-order valence-electron chi connectivity index (χ3n) is 3.33. The van der Waals surface area contributed by atoms with Crippen LogP contribution in [0.2, 0.25) is 0 Å². The molecule has 0 saturated carbocycles. The summed E-state index contributed by atoms with van der Waals surface area (Å²) in [4.78, 5) is 33.7. The van der Waals surface area contributed by atoms with Crippen molar-refractivity contribution in [2.75, 3.05) is 17.2 Å². The maximum absolute atomic E-state index is 12.0. The van der Waals surface area contributed by atoms with Gasteiger partial charge in [-0.2, -0.15) is 0 Å². The van der Waals surface area contributed by atoms with E-state index in [1.54, 1.807) is 42.5 Å². The minimum Gasteiger partial charge on any atom is -0.334 e. The van der Waals surface area contributed by atoms with E-state index in [0.717, 1.165) is 0 Å². The molecule has 0 aliphatic rings. The number of benzene rings is 2. The second-order valence-corrected chi connectivity index (χ2v) is 5.38. The van der Waals surface area contributed by atoms with Crippen molar-refractivity contribution in [3.05, 3.63) is 82.9 Å². The first-order valence-electron chi connectivity index (χ1n) is 7.97. The van der Waals surface area contributed by atoms with E-state index in [2.05, 4.69) is 22.5 Å². The second kappa shape index (κ2) is 9.52. The van der Waals surface area contributed by atoms with Crippen LogP contribution in [0.15, 0.2) is 67.3 Å². The lowest BCUT2D eigenvalue weighted by Crippen LogP contribution is -2.28. The van der Waals surface area contributed by atoms with Crippen molar-refractivity contribution >= 4 is 35.1 Å². The summed E-state index contributed by atoms with van der Waals surface area (Å²) in [5.41, 5.74) is 1.62. The molecule has 0 aliphatic heterocycles. The zero-order valence-electron chi connectivity index (χ0n) is 14.3. The number of rotatable bonds is 7. The van der Waals surface area contributed by atoms with Crippen LogP contribution in [0, 0.1) is 10.1 Å². The molecule has 0 atom stereocenters. The predicted octanol–water partition coefficient (Wildman–Crippen LogP) is 3.55. The Labute approximate surface area is 155 Å². The first-order chi connectivity index (χ1) is 13.0. The van der Waals surface area contributed by atoms with E-state index in [0.29, 0.717) is 23.5 Å². The smallest absolute Gasteiger partial charge is 0.319 e. The van der Waals surface area contributed by atoms with Crippen LogP contribution in [0.1, 0.15) is 5.56 Å². The van der Waals surface area contributed by atoms with E-state index in [1.807, 2.05) is 0 Å². The summed E-state index contributed by atoms with van der Waals surface area (Å²) in [7, 11) is 0. The summed E-state index contributed by atoms with van der Waals surface area (Å²) in [6.45, 7) is 3.87. The molecule has 0 heterocycles. The molecule has 0 bridgehead atoms. The highest BCUT2D eigenvalue weighted by molar-refractivity contribution is 6.02. The summed E-state index contributed by atoms with van der Waals surface area (Å²) < 4.78 is 0. The van der Waals surface area contributed by atoms with Gasteiger partial charge in [0, 0.05) is 36.1 Å². The van der Waals surface area contributed by atoms with Crippen molar-refractivity contribution in [3.63, 3.8) is 0 Å². The number of nitrogens with one attached hydrogen (secondary N) is 3. The number of carbonyl (C=O) groups excluding carboxylic acids is 2. The Kier molecular flexibility index (Phi) is 6.83. The van der Waals surface area contributed by atoms with E-state index < -0.39 is 4.92 Å². The van der Waals surface area contributed by atoms with Gasteiger partial charge in [0.1, 0.15) is 0 Å². The van der Waals surface area contributed by atoms with E-state index >= 15 is 0 Å². The molecule has 2 rings (SSSR count). The summed E-state index contributed by atoms with van der Waals surface area (Å²) in [5.74, 6) is -0.383. The van der Waals surface area contributed by atoms with E-state index in [4.69, 9.17) is 0 Å². The van der Waals surface area contributed by atoms with Crippen LogP contribution >= 0.6 is 0 Å². The molecule has 0 unspecified atom stereocenters. The Morgan fingerprint density at radius 3 is 2.37 bits per heavy atom. The fourth-order valence-electron chi connectivity index (χ4n) is 2.07. The summed E-state index contributed by atoms with van der Waals surface area (Å²) in [6.07, 6.45) is 4.34. The molecule has 2 aromatic rings. The lowest BCUT2D eigenvalue weighted by molar-refractivity contribution is -0.384. The molecule has 0 spiro atoms. The van der Waals surface area contributed by atoms with E-state index in [-0.39, 0.29) is 17.6 Å². The number of anilines is 2. The SMILES string of the molecule is C=CCNC(=O)Nc1ccc(NC(=O)/C=C/c2cccc([N+](=O)[O-])c2)cc1. The van der Waals surface area contributed by atoms with Gasteiger partial charge in [0.25, 0.3) is 5.69 Å². The summed E-state index contributed by atoms with van der Waals surface area (Å²) in [6, 6.07) is 12.2. The lowest BCUT2D eigenvalue weighted by atomic mass is 10.2. The minimum absolute atomic E-state index is 0.0437. The van der Waals surface area contributed by atoms with Gasteiger partial charge in [0.2, 0.25) is 5.91 Å². The van der Waals surface area contributed by atoms with Crippen molar-refractivity contribution in [1.82, 2.24) is 5.32 Å². The maximum Gasteiger partial charge on any atom is 0.319 e. The number of hydrogen-bond donors (Lipinski definition) is 3. The monoisotopic (exact) mass is 366 g/mol. The number of non-ortho nitro benzene ring substituents is 1. The molecule has 0 aromatic heterocycles. The van der Waals surface area contributed by atoms with Gasteiger partial charge in [-0.25, -0.2) is 4.79 Å². The van der Waals surface area contributed by atoms with Gasteiger partial charge in [0.05, 0.1) is 4.92 Å². The van der Waals surface area contributed by atoms with Crippen LogP contribution in [0.4, 0.5) is 21.9 Å². The molecule has 0 saturated heterocycles. The van der Waals surface area contributed by atoms with Crippen LogP contribution in [0.3, 0.4) is 0 Å². The number of nitro benzene ring substituents is 1. The molecule has 8 nitrogen and oxygen atoms in total. The average molecular weight is 366 g/mol. The number of hydrogen-bond acceptors (Lipinski definition) is 4. The van der Waals surface area contributed by atoms with Gasteiger partial charge in [-0.05, 0) is 35.9 Å². The Hall–Kier alpha value is -3.94. The first kappa shape index (κ1) is 19.4. The molecule has 0 fully saturated rings. The molecule has 2 aromatic carbocycles. The Morgan fingerprint density at radius 2 is 1.74 bits per heavy atom. The van der Waals surface area contributed by atoms with Gasteiger partial charge in [-0.1, -0.05) is 18.2 Å². The second-order valence-electron chi connectivity index (χ2n) is 5.38. The Balaban J connectivity index is 1.92. The number of carbonyl (C=O) groups is 2. The molecular formula is C19H18N4O4. The number of nitro groups is 1. The van der Waals surface area contributed by atoms with E-state index in [9.17, 15) is 19.7 Å². The summed E-state index contributed by atoms with van der Waals surface area (Å²) in [5, 5.41) is 18.6. The molecule has 138 valence electrons. The van der Waals surface area contributed by atoms with Gasteiger partial charge >= 0.3 is 6.03 Å². The third-order valence-corrected chi connectivity index (χ3v) is 3.33. The van der Waals surface area contributed by atoms with Gasteiger partial charge < -0.3 is 16.0 Å². The van der Waals surface area contributed by atoms with Crippen molar-refractivity contribution in [2.45, 2.75) is 0 Å². The fraction of sp³-hybridized carbons (Fsp3) is 0.0526.